The lowest BCUT2D eigenvalue weighted by atomic mass is 9.96. The number of rotatable bonds is 9. The van der Waals surface area contributed by atoms with Crippen molar-refractivity contribution in [3.8, 4) is 0 Å². The summed E-state index contributed by atoms with van der Waals surface area (Å²) in [4.78, 5) is 4.46. The van der Waals surface area contributed by atoms with Crippen molar-refractivity contribution < 1.29 is 0 Å². The molecule has 0 saturated carbocycles. The van der Waals surface area contributed by atoms with Crippen LogP contribution in [-0.4, -0.2) is 12.0 Å². The first-order valence-corrected chi connectivity index (χ1v) is 8.37. The Morgan fingerprint density at radius 1 is 1.00 bits per heavy atom. The highest BCUT2D eigenvalue weighted by Gasteiger charge is 2.12. The summed E-state index contributed by atoms with van der Waals surface area (Å²) in [6, 6.07) is 11.1. The molecule has 2 rings (SSSR count). The fourth-order valence-corrected chi connectivity index (χ4v) is 3.02. The Morgan fingerprint density at radius 2 is 1.81 bits per heavy atom. The van der Waals surface area contributed by atoms with Crippen LogP contribution in [0.4, 0.5) is 0 Å². The van der Waals surface area contributed by atoms with Gasteiger partial charge < -0.3 is 5.32 Å². The Hall–Kier alpha value is -1.41. The summed E-state index contributed by atoms with van der Waals surface area (Å²) in [5, 5.41) is 4.77. The van der Waals surface area contributed by atoms with E-state index < -0.39 is 0 Å². The van der Waals surface area contributed by atoms with E-state index in [2.05, 4.69) is 48.5 Å². The predicted molar refractivity (Wildman–Crippen MR) is 91.5 cm³/mol. The molecule has 2 heteroatoms. The lowest BCUT2D eigenvalue weighted by molar-refractivity contribution is 0.500. The summed E-state index contributed by atoms with van der Waals surface area (Å²) in [6.45, 7) is 2.27. The van der Waals surface area contributed by atoms with Gasteiger partial charge in [-0.15, -0.1) is 0 Å². The van der Waals surface area contributed by atoms with Gasteiger partial charge in [-0.1, -0.05) is 63.6 Å². The van der Waals surface area contributed by atoms with E-state index in [9.17, 15) is 0 Å². The molecule has 1 N–H and O–H groups in total. The molecule has 0 saturated heterocycles. The van der Waals surface area contributed by atoms with Crippen molar-refractivity contribution in [1.29, 1.82) is 0 Å². The fourth-order valence-electron chi connectivity index (χ4n) is 3.02. The molecule has 1 unspecified atom stereocenters. The van der Waals surface area contributed by atoms with Crippen molar-refractivity contribution >= 4 is 10.9 Å². The van der Waals surface area contributed by atoms with E-state index in [4.69, 9.17) is 0 Å². The van der Waals surface area contributed by atoms with Crippen LogP contribution in [0.1, 0.15) is 63.5 Å². The molecule has 114 valence electrons. The van der Waals surface area contributed by atoms with E-state index in [1.54, 1.807) is 0 Å². The first-order chi connectivity index (χ1) is 10.4. The molecule has 0 aliphatic carbocycles. The normalized spacial score (nSPS) is 12.7. The molecule has 0 fully saturated rings. The highest BCUT2D eigenvalue weighted by molar-refractivity contribution is 5.82. The molecule has 0 amide bonds. The quantitative estimate of drug-likeness (QED) is 0.636. The highest BCUT2D eigenvalue weighted by Crippen LogP contribution is 2.26. The summed E-state index contributed by atoms with van der Waals surface area (Å²) >= 11 is 0. The number of hydrogen-bond donors (Lipinski definition) is 1. The van der Waals surface area contributed by atoms with Crippen LogP contribution >= 0.6 is 0 Å². The number of unbranched alkanes of at least 4 members (excludes halogenated alkanes) is 5. The number of nitrogens with one attached hydrogen (secondary N) is 1. The third-order valence-electron chi connectivity index (χ3n) is 4.25. The number of aromatic nitrogens is 1. The van der Waals surface area contributed by atoms with Crippen molar-refractivity contribution in [3.05, 3.63) is 42.1 Å². The Morgan fingerprint density at radius 3 is 2.62 bits per heavy atom. The van der Waals surface area contributed by atoms with E-state index >= 15 is 0 Å². The van der Waals surface area contributed by atoms with E-state index in [-0.39, 0.29) is 0 Å². The zero-order valence-corrected chi connectivity index (χ0v) is 13.4. The van der Waals surface area contributed by atoms with E-state index in [0.717, 1.165) is 5.52 Å². The maximum atomic E-state index is 4.46. The van der Waals surface area contributed by atoms with E-state index in [1.807, 2.05) is 12.3 Å². The van der Waals surface area contributed by atoms with Crippen molar-refractivity contribution in [2.75, 3.05) is 7.05 Å². The Bertz CT molecular complexity index is 531. The van der Waals surface area contributed by atoms with Crippen LogP contribution in [0.15, 0.2) is 36.5 Å². The molecular formula is C19H28N2. The van der Waals surface area contributed by atoms with Crippen LogP contribution in [-0.2, 0) is 0 Å². The maximum absolute atomic E-state index is 4.46. The molecule has 1 aromatic heterocycles. The molecule has 0 bridgehead atoms. The van der Waals surface area contributed by atoms with Crippen molar-refractivity contribution in [2.45, 2.75) is 57.9 Å². The number of fused-ring (bicyclic) bond motifs is 1. The van der Waals surface area contributed by atoms with Crippen LogP contribution in [0.25, 0.3) is 10.9 Å². The van der Waals surface area contributed by atoms with Gasteiger partial charge in [0.15, 0.2) is 0 Å². The first kappa shape index (κ1) is 16.0. The molecular weight excluding hydrogens is 256 g/mol. The van der Waals surface area contributed by atoms with Crippen LogP contribution in [0.2, 0.25) is 0 Å². The lowest BCUT2D eigenvalue weighted by Gasteiger charge is -2.18. The number of benzene rings is 1. The fraction of sp³-hybridized carbons (Fsp3) is 0.526. The van der Waals surface area contributed by atoms with Gasteiger partial charge in [-0.05, 0) is 31.2 Å². The minimum absolute atomic E-state index is 0.434. The van der Waals surface area contributed by atoms with Gasteiger partial charge in [0.25, 0.3) is 0 Å². The minimum Gasteiger partial charge on any atom is -0.313 e. The van der Waals surface area contributed by atoms with Crippen molar-refractivity contribution in [1.82, 2.24) is 10.3 Å². The second kappa shape index (κ2) is 8.78. The number of nitrogens with zero attached hydrogens (tertiary/aromatic N) is 1. The summed E-state index contributed by atoms with van der Waals surface area (Å²) in [6.07, 6.45) is 11.2. The lowest BCUT2D eigenvalue weighted by Crippen LogP contribution is -2.16. The summed E-state index contributed by atoms with van der Waals surface area (Å²) < 4.78 is 0. The summed E-state index contributed by atoms with van der Waals surface area (Å²) in [5.41, 5.74) is 2.48. The van der Waals surface area contributed by atoms with Crippen LogP contribution in [0.3, 0.4) is 0 Å². The van der Waals surface area contributed by atoms with E-state index in [1.165, 1.54) is 55.9 Å². The van der Waals surface area contributed by atoms with Gasteiger partial charge in [-0.3, -0.25) is 4.98 Å². The average Bonchev–Trinajstić information content (AvgIpc) is 2.54. The van der Waals surface area contributed by atoms with Crippen molar-refractivity contribution in [3.63, 3.8) is 0 Å². The first-order valence-electron chi connectivity index (χ1n) is 8.37. The minimum atomic E-state index is 0.434. The Balaban J connectivity index is 1.96. The zero-order valence-electron chi connectivity index (χ0n) is 13.4. The molecule has 1 atom stereocenters. The third-order valence-corrected chi connectivity index (χ3v) is 4.25. The molecule has 2 nitrogen and oxygen atoms in total. The molecule has 0 aliphatic rings. The van der Waals surface area contributed by atoms with E-state index in [0.29, 0.717) is 6.04 Å². The number of pyridine rings is 1. The maximum Gasteiger partial charge on any atom is 0.0705 e. The Labute approximate surface area is 129 Å². The molecule has 0 radical (unpaired) electrons. The monoisotopic (exact) mass is 284 g/mol. The highest BCUT2D eigenvalue weighted by atomic mass is 14.9. The van der Waals surface area contributed by atoms with Crippen LogP contribution in [0, 0.1) is 0 Å². The van der Waals surface area contributed by atoms with Gasteiger partial charge in [0.2, 0.25) is 0 Å². The SMILES string of the molecule is CCCCCCCCC(NC)c1cccc2ncccc12. The zero-order chi connectivity index (χ0) is 14.9. The van der Waals surface area contributed by atoms with Gasteiger partial charge in [0.1, 0.15) is 0 Å². The largest absolute Gasteiger partial charge is 0.313 e. The molecule has 2 aromatic rings. The Kier molecular flexibility index (Phi) is 6.68. The van der Waals surface area contributed by atoms with Gasteiger partial charge in [0.05, 0.1) is 5.52 Å². The van der Waals surface area contributed by atoms with Crippen LogP contribution in [0.5, 0.6) is 0 Å². The van der Waals surface area contributed by atoms with Gasteiger partial charge in [0, 0.05) is 17.6 Å². The third kappa shape index (κ3) is 4.53. The van der Waals surface area contributed by atoms with Gasteiger partial charge >= 0.3 is 0 Å². The van der Waals surface area contributed by atoms with Crippen LogP contribution < -0.4 is 5.32 Å². The second-order valence-corrected chi connectivity index (χ2v) is 5.82. The smallest absolute Gasteiger partial charge is 0.0705 e. The molecule has 1 aromatic carbocycles. The van der Waals surface area contributed by atoms with Gasteiger partial charge in [-0.25, -0.2) is 0 Å². The van der Waals surface area contributed by atoms with Gasteiger partial charge in [-0.2, -0.15) is 0 Å². The predicted octanol–water partition coefficient (Wildman–Crippen LogP) is 5.25. The molecule has 0 aliphatic heterocycles. The molecule has 21 heavy (non-hydrogen) atoms. The standard InChI is InChI=1S/C19H28N2/c1-3-4-5-6-7-8-13-18(20-2)16-11-9-14-19-17(16)12-10-15-21-19/h9-12,14-15,18,20H,3-8,13H2,1-2H3. The second-order valence-electron chi connectivity index (χ2n) is 5.82. The average molecular weight is 284 g/mol. The summed E-state index contributed by atoms with van der Waals surface area (Å²) in [5.74, 6) is 0. The number of hydrogen-bond acceptors (Lipinski definition) is 2. The van der Waals surface area contributed by atoms with Crippen molar-refractivity contribution in [2.24, 2.45) is 0 Å². The molecule has 1 heterocycles. The molecule has 0 spiro atoms. The summed E-state index contributed by atoms with van der Waals surface area (Å²) in [7, 11) is 2.07. The topological polar surface area (TPSA) is 24.9 Å².